The van der Waals surface area contributed by atoms with E-state index in [0.717, 1.165) is 23.3 Å². The fraction of sp³-hybridized carbons (Fsp3) is 0.296. The van der Waals surface area contributed by atoms with Gasteiger partial charge < -0.3 is 14.2 Å². The van der Waals surface area contributed by atoms with Crippen molar-refractivity contribution in [2.24, 2.45) is 4.99 Å². The Balaban J connectivity index is 1.83. The van der Waals surface area contributed by atoms with Crippen molar-refractivity contribution in [2.75, 3.05) is 20.3 Å². The Morgan fingerprint density at radius 1 is 1.09 bits per heavy atom. The van der Waals surface area contributed by atoms with Crippen LogP contribution in [0.1, 0.15) is 44.4 Å². The van der Waals surface area contributed by atoms with Crippen LogP contribution < -0.4 is 24.4 Å². The summed E-state index contributed by atoms with van der Waals surface area (Å²) in [5.74, 6) is 0.997. The molecule has 0 bridgehead atoms. The van der Waals surface area contributed by atoms with E-state index >= 15 is 0 Å². The second-order valence-corrected chi connectivity index (χ2v) is 9.00. The van der Waals surface area contributed by atoms with Gasteiger partial charge in [0.15, 0.2) is 4.80 Å². The summed E-state index contributed by atoms with van der Waals surface area (Å²) in [6.45, 7) is 6.47. The van der Waals surface area contributed by atoms with Crippen LogP contribution in [0.5, 0.6) is 11.5 Å². The molecule has 0 saturated heterocycles. The Kier molecular flexibility index (Phi) is 7.51. The number of carbonyl (C=O) groups is 1. The van der Waals surface area contributed by atoms with E-state index in [4.69, 9.17) is 14.2 Å². The molecule has 0 radical (unpaired) electrons. The van der Waals surface area contributed by atoms with Gasteiger partial charge >= 0.3 is 5.97 Å². The van der Waals surface area contributed by atoms with Crippen LogP contribution in [0, 0.1) is 0 Å². The van der Waals surface area contributed by atoms with Gasteiger partial charge in [0.1, 0.15) is 11.5 Å². The van der Waals surface area contributed by atoms with Crippen LogP contribution in [0.2, 0.25) is 0 Å². The summed E-state index contributed by atoms with van der Waals surface area (Å²) in [5.41, 5.74) is 2.33. The first-order valence-electron chi connectivity index (χ1n) is 11.5. The number of rotatable bonds is 8. The van der Waals surface area contributed by atoms with Gasteiger partial charge in [-0.25, -0.2) is 9.79 Å². The van der Waals surface area contributed by atoms with Gasteiger partial charge in [-0.3, -0.25) is 9.36 Å². The number of nitrogens with zero attached hydrogens (tertiary/aromatic N) is 2. The molecule has 2 heterocycles. The Labute approximate surface area is 207 Å². The van der Waals surface area contributed by atoms with Crippen molar-refractivity contribution < 1.29 is 19.0 Å². The fourth-order valence-electron chi connectivity index (χ4n) is 3.92. The van der Waals surface area contributed by atoms with E-state index in [1.807, 2.05) is 54.6 Å². The Bertz CT molecular complexity index is 1420. The van der Waals surface area contributed by atoms with Crippen molar-refractivity contribution in [1.29, 1.82) is 0 Å². The highest BCUT2D eigenvalue weighted by molar-refractivity contribution is 7.07. The number of methoxy groups -OCH3 is 1. The zero-order chi connectivity index (χ0) is 24.9. The van der Waals surface area contributed by atoms with Crippen LogP contribution in [-0.2, 0) is 9.53 Å². The van der Waals surface area contributed by atoms with Crippen molar-refractivity contribution in [3.8, 4) is 11.5 Å². The zero-order valence-corrected chi connectivity index (χ0v) is 21.1. The normalized spacial score (nSPS) is 15.4. The minimum Gasteiger partial charge on any atom is -0.497 e. The van der Waals surface area contributed by atoms with Gasteiger partial charge in [0.25, 0.3) is 5.56 Å². The number of hydrogen-bond donors (Lipinski definition) is 0. The lowest BCUT2D eigenvalue weighted by atomic mass is 9.96. The van der Waals surface area contributed by atoms with Gasteiger partial charge in [0, 0.05) is 0 Å². The zero-order valence-electron chi connectivity index (χ0n) is 20.2. The number of aromatic nitrogens is 1. The van der Waals surface area contributed by atoms with Gasteiger partial charge in [-0.2, -0.15) is 0 Å². The van der Waals surface area contributed by atoms with E-state index in [1.54, 1.807) is 25.5 Å². The van der Waals surface area contributed by atoms with Crippen LogP contribution in [0.15, 0.2) is 69.6 Å². The number of ether oxygens (including phenoxy) is 3. The molecule has 0 unspecified atom stereocenters. The minimum absolute atomic E-state index is 0.213. The number of hydrogen-bond acceptors (Lipinski definition) is 7. The van der Waals surface area contributed by atoms with Crippen LogP contribution >= 0.6 is 11.3 Å². The molecule has 0 spiro atoms. The summed E-state index contributed by atoms with van der Waals surface area (Å²) in [4.78, 5) is 31.7. The number of benzene rings is 2. The summed E-state index contributed by atoms with van der Waals surface area (Å²) >= 11 is 1.30. The molecule has 0 N–H and O–H groups in total. The van der Waals surface area contributed by atoms with Gasteiger partial charge in [-0.05, 0) is 61.7 Å². The first kappa shape index (κ1) is 24.5. The molecule has 8 heteroatoms. The molecule has 0 amide bonds. The van der Waals surface area contributed by atoms with Crippen LogP contribution in [0.25, 0.3) is 6.08 Å². The lowest BCUT2D eigenvalue weighted by Gasteiger charge is -2.24. The minimum atomic E-state index is -0.650. The molecule has 4 rings (SSSR count). The van der Waals surface area contributed by atoms with Crippen molar-refractivity contribution in [3.63, 3.8) is 0 Å². The predicted molar refractivity (Wildman–Crippen MR) is 136 cm³/mol. The second kappa shape index (κ2) is 10.7. The molecule has 1 aliphatic rings. The van der Waals surface area contributed by atoms with Crippen LogP contribution in [0.3, 0.4) is 0 Å². The highest BCUT2D eigenvalue weighted by atomic mass is 32.1. The molecule has 1 atom stereocenters. The maximum atomic E-state index is 13.6. The molecule has 1 aliphatic heterocycles. The number of thiazole rings is 1. The molecule has 35 heavy (non-hydrogen) atoms. The van der Waals surface area contributed by atoms with Crippen molar-refractivity contribution >= 4 is 23.4 Å². The first-order chi connectivity index (χ1) is 17.0. The lowest BCUT2D eigenvalue weighted by molar-refractivity contribution is -0.139. The quantitative estimate of drug-likeness (QED) is 0.449. The second-order valence-electron chi connectivity index (χ2n) is 7.99. The molecular weight excluding hydrogens is 464 g/mol. The molecule has 2 aromatic carbocycles. The van der Waals surface area contributed by atoms with Gasteiger partial charge in [-0.15, -0.1) is 0 Å². The summed E-state index contributed by atoms with van der Waals surface area (Å²) in [7, 11) is 1.59. The number of esters is 1. The van der Waals surface area contributed by atoms with E-state index < -0.39 is 12.0 Å². The van der Waals surface area contributed by atoms with E-state index in [1.165, 1.54) is 11.3 Å². The third-order valence-corrected chi connectivity index (χ3v) is 6.58. The molecule has 0 fully saturated rings. The molecule has 182 valence electrons. The van der Waals surface area contributed by atoms with Crippen LogP contribution in [-0.4, -0.2) is 30.9 Å². The molecule has 0 aliphatic carbocycles. The monoisotopic (exact) mass is 492 g/mol. The lowest BCUT2D eigenvalue weighted by Crippen LogP contribution is -2.39. The summed E-state index contributed by atoms with van der Waals surface area (Å²) in [6.07, 6.45) is 2.77. The van der Waals surface area contributed by atoms with Crippen LogP contribution in [0.4, 0.5) is 0 Å². The molecule has 3 aromatic rings. The van der Waals surface area contributed by atoms with E-state index in [2.05, 4.69) is 11.9 Å². The summed E-state index contributed by atoms with van der Waals surface area (Å²) in [5, 5.41) is 0. The Morgan fingerprint density at radius 3 is 2.40 bits per heavy atom. The van der Waals surface area contributed by atoms with Gasteiger partial charge in [0.2, 0.25) is 0 Å². The van der Waals surface area contributed by atoms with E-state index in [-0.39, 0.29) is 12.2 Å². The van der Waals surface area contributed by atoms with Gasteiger partial charge in [0.05, 0.1) is 42.2 Å². The smallest absolute Gasteiger partial charge is 0.338 e. The topological polar surface area (TPSA) is 79.1 Å². The highest BCUT2D eigenvalue weighted by Crippen LogP contribution is 2.31. The molecule has 1 aromatic heterocycles. The maximum Gasteiger partial charge on any atom is 0.338 e. The Hall–Kier alpha value is -3.65. The maximum absolute atomic E-state index is 13.6. The third-order valence-electron chi connectivity index (χ3n) is 5.60. The molecule has 0 saturated carbocycles. The highest BCUT2D eigenvalue weighted by Gasteiger charge is 2.33. The van der Waals surface area contributed by atoms with E-state index in [0.29, 0.717) is 33.0 Å². The SMILES string of the molecule is CCCOc1ccc(/C=c2/sc3n(c2=O)[C@H](c2ccc(OC)cc2)C(C(=O)OCC)=C(C)N=3)cc1. The van der Waals surface area contributed by atoms with Crippen molar-refractivity contribution in [3.05, 3.63) is 90.6 Å². The predicted octanol–water partition coefficient (Wildman–Crippen LogP) is 3.60. The average Bonchev–Trinajstić information content (AvgIpc) is 3.17. The number of carbonyl (C=O) groups excluding carboxylic acids is 1. The number of allylic oxidation sites excluding steroid dienone is 1. The van der Waals surface area contributed by atoms with Gasteiger partial charge in [-0.1, -0.05) is 42.5 Å². The standard InChI is InChI=1S/C27H28N2O5S/c1-5-15-34-21-11-7-18(8-12-21)16-22-25(30)29-24(19-9-13-20(32-4)14-10-19)23(26(31)33-6-2)17(3)28-27(29)35-22/h7-14,16,24H,5-6,15H2,1-4H3/b22-16+/t24-/m1/s1. The first-order valence-corrected chi connectivity index (χ1v) is 12.3. The molecular formula is C27H28N2O5S. The summed E-state index contributed by atoms with van der Waals surface area (Å²) in [6, 6.07) is 14.3. The van der Waals surface area contributed by atoms with Crippen molar-refractivity contribution in [2.45, 2.75) is 33.2 Å². The summed E-state index contributed by atoms with van der Waals surface area (Å²) < 4.78 is 18.4. The average molecular weight is 493 g/mol. The number of fused-ring (bicyclic) bond motifs is 1. The third kappa shape index (κ3) is 5.07. The van der Waals surface area contributed by atoms with Crippen molar-refractivity contribution in [1.82, 2.24) is 4.57 Å². The Morgan fingerprint density at radius 2 is 1.77 bits per heavy atom. The fourth-order valence-corrected chi connectivity index (χ4v) is 4.97. The largest absolute Gasteiger partial charge is 0.497 e. The van der Waals surface area contributed by atoms with E-state index in [9.17, 15) is 9.59 Å². The molecule has 7 nitrogen and oxygen atoms in total.